The molecule has 0 heterocycles. The number of hydrogen-bond acceptors (Lipinski definition) is 2. The van der Waals surface area contributed by atoms with E-state index in [0.717, 1.165) is 25.8 Å². The molecule has 88 valence electrons. The number of hydrogen-bond donors (Lipinski definition) is 3. The fourth-order valence-corrected chi connectivity index (χ4v) is 1.97. The van der Waals surface area contributed by atoms with Crippen LogP contribution in [0.25, 0.3) is 0 Å². The third-order valence-electron chi connectivity index (χ3n) is 2.92. The lowest BCUT2D eigenvalue weighted by atomic mass is 10.0. The van der Waals surface area contributed by atoms with E-state index in [0.29, 0.717) is 0 Å². The van der Waals surface area contributed by atoms with Gasteiger partial charge in [-0.2, -0.15) is 0 Å². The lowest BCUT2D eigenvalue weighted by Crippen LogP contribution is -2.50. The number of nitrogens with one attached hydrogen (secondary N) is 2. The predicted molar refractivity (Wildman–Crippen MR) is 61.7 cm³/mol. The lowest BCUT2D eigenvalue weighted by Gasteiger charge is -2.22. The molecule has 2 amide bonds. The number of carbonyl (C=O) groups is 1. The summed E-state index contributed by atoms with van der Waals surface area (Å²) in [7, 11) is 0. The monoisotopic (exact) mass is 213 g/mol. The van der Waals surface area contributed by atoms with Crippen molar-refractivity contribution in [2.45, 2.75) is 57.5 Å². The molecule has 2 atom stereocenters. The second-order valence-electron chi connectivity index (χ2n) is 4.31. The van der Waals surface area contributed by atoms with Gasteiger partial charge in [0.2, 0.25) is 0 Å². The molecule has 0 bridgehead atoms. The van der Waals surface area contributed by atoms with Gasteiger partial charge in [-0.3, -0.25) is 0 Å². The summed E-state index contributed by atoms with van der Waals surface area (Å²) in [6.45, 7) is 2.77. The topological polar surface area (TPSA) is 67.2 Å². The van der Waals surface area contributed by atoms with E-state index in [4.69, 9.17) is 5.73 Å². The highest BCUT2D eigenvalue weighted by atomic mass is 16.2. The molecular weight excluding hydrogens is 190 g/mol. The Labute approximate surface area is 92.0 Å². The molecule has 4 heteroatoms. The van der Waals surface area contributed by atoms with E-state index in [9.17, 15) is 4.79 Å². The van der Waals surface area contributed by atoms with Crippen LogP contribution in [0.4, 0.5) is 4.79 Å². The summed E-state index contributed by atoms with van der Waals surface area (Å²) >= 11 is 0. The van der Waals surface area contributed by atoms with E-state index in [-0.39, 0.29) is 18.1 Å². The van der Waals surface area contributed by atoms with Crippen molar-refractivity contribution >= 4 is 6.03 Å². The molecule has 4 N–H and O–H groups in total. The Bertz CT molecular complexity index is 196. The highest BCUT2D eigenvalue weighted by Gasteiger charge is 2.21. The number of nitrogens with two attached hydrogens (primary N) is 1. The Morgan fingerprint density at radius 2 is 2.07 bits per heavy atom. The first kappa shape index (κ1) is 12.3. The fraction of sp³-hybridized carbons (Fsp3) is 0.909. The van der Waals surface area contributed by atoms with Crippen LogP contribution in [-0.4, -0.2) is 24.7 Å². The quantitative estimate of drug-likeness (QED) is 0.620. The summed E-state index contributed by atoms with van der Waals surface area (Å²) in [4.78, 5) is 11.5. The molecule has 1 rings (SSSR count). The standard InChI is InChI=1S/C11H23N3O/c1-2-8-13-11(15)14-10-7-5-3-4-6-9(10)12/h9-10H,2-8,12H2,1H3,(H2,13,14,15). The zero-order valence-corrected chi connectivity index (χ0v) is 9.59. The van der Waals surface area contributed by atoms with Crippen LogP contribution in [0.5, 0.6) is 0 Å². The minimum absolute atomic E-state index is 0.0702. The highest BCUT2D eigenvalue weighted by Crippen LogP contribution is 2.16. The average Bonchev–Trinajstić information content (AvgIpc) is 2.42. The first-order valence-electron chi connectivity index (χ1n) is 6.04. The fourth-order valence-electron chi connectivity index (χ4n) is 1.97. The summed E-state index contributed by atoms with van der Waals surface area (Å²) in [6.07, 6.45) is 6.61. The van der Waals surface area contributed by atoms with Gasteiger partial charge in [-0.15, -0.1) is 0 Å². The van der Waals surface area contributed by atoms with Crippen LogP contribution < -0.4 is 16.4 Å². The Hall–Kier alpha value is -0.770. The Morgan fingerprint density at radius 1 is 1.33 bits per heavy atom. The van der Waals surface area contributed by atoms with Crippen LogP contribution >= 0.6 is 0 Å². The van der Waals surface area contributed by atoms with Gasteiger partial charge < -0.3 is 16.4 Å². The van der Waals surface area contributed by atoms with Crippen molar-refractivity contribution in [3.8, 4) is 0 Å². The zero-order valence-electron chi connectivity index (χ0n) is 9.59. The van der Waals surface area contributed by atoms with Gasteiger partial charge in [0.1, 0.15) is 0 Å². The van der Waals surface area contributed by atoms with Crippen molar-refractivity contribution in [2.24, 2.45) is 5.73 Å². The van der Waals surface area contributed by atoms with E-state index < -0.39 is 0 Å². The SMILES string of the molecule is CCCNC(=O)NC1CCCCCC1N. The van der Waals surface area contributed by atoms with Gasteiger partial charge in [0.25, 0.3) is 0 Å². The van der Waals surface area contributed by atoms with Crippen molar-refractivity contribution in [3.05, 3.63) is 0 Å². The van der Waals surface area contributed by atoms with E-state index in [2.05, 4.69) is 10.6 Å². The normalized spacial score (nSPS) is 26.8. The molecule has 0 aromatic rings. The highest BCUT2D eigenvalue weighted by molar-refractivity contribution is 5.74. The largest absolute Gasteiger partial charge is 0.338 e. The van der Waals surface area contributed by atoms with Crippen molar-refractivity contribution in [2.75, 3.05) is 6.54 Å². The molecule has 0 aromatic carbocycles. The lowest BCUT2D eigenvalue weighted by molar-refractivity contribution is 0.233. The third kappa shape index (κ3) is 4.51. The maximum Gasteiger partial charge on any atom is 0.315 e. The van der Waals surface area contributed by atoms with Crippen LogP contribution in [0.1, 0.15) is 45.4 Å². The van der Waals surface area contributed by atoms with Gasteiger partial charge in [-0.05, 0) is 19.3 Å². The molecule has 0 saturated heterocycles. The molecule has 0 radical (unpaired) electrons. The summed E-state index contributed by atoms with van der Waals surface area (Å²) in [5, 5.41) is 5.78. The molecule has 2 unspecified atom stereocenters. The smallest absolute Gasteiger partial charge is 0.315 e. The molecule has 1 aliphatic carbocycles. The second-order valence-corrected chi connectivity index (χ2v) is 4.31. The number of rotatable bonds is 3. The van der Waals surface area contributed by atoms with Gasteiger partial charge in [-0.25, -0.2) is 4.79 Å². The molecule has 0 aromatic heterocycles. The minimum atomic E-state index is -0.0702. The van der Waals surface area contributed by atoms with Crippen LogP contribution in [0.3, 0.4) is 0 Å². The predicted octanol–water partition coefficient (Wildman–Crippen LogP) is 1.36. The third-order valence-corrected chi connectivity index (χ3v) is 2.92. The second kappa shape index (κ2) is 6.67. The van der Waals surface area contributed by atoms with Gasteiger partial charge >= 0.3 is 6.03 Å². The van der Waals surface area contributed by atoms with E-state index in [1.807, 2.05) is 6.92 Å². The van der Waals surface area contributed by atoms with E-state index in [1.165, 1.54) is 19.3 Å². The van der Waals surface area contributed by atoms with E-state index in [1.54, 1.807) is 0 Å². The van der Waals surface area contributed by atoms with Gasteiger partial charge in [0.05, 0.1) is 0 Å². The summed E-state index contributed by atoms with van der Waals surface area (Å²) in [5.41, 5.74) is 6.01. The first-order valence-corrected chi connectivity index (χ1v) is 6.04. The molecule has 1 saturated carbocycles. The van der Waals surface area contributed by atoms with E-state index >= 15 is 0 Å². The summed E-state index contributed by atoms with van der Waals surface area (Å²) in [5.74, 6) is 0. The van der Waals surface area contributed by atoms with Gasteiger partial charge in [0, 0.05) is 18.6 Å². The molecular formula is C11H23N3O. The Balaban J connectivity index is 2.30. The number of carbonyl (C=O) groups excluding carboxylic acids is 1. The molecule has 1 fully saturated rings. The van der Waals surface area contributed by atoms with Crippen LogP contribution in [-0.2, 0) is 0 Å². The molecule has 4 nitrogen and oxygen atoms in total. The maximum atomic E-state index is 11.5. The average molecular weight is 213 g/mol. The molecule has 1 aliphatic rings. The van der Waals surface area contributed by atoms with Gasteiger partial charge in [-0.1, -0.05) is 26.2 Å². The van der Waals surface area contributed by atoms with Crippen LogP contribution in [0.2, 0.25) is 0 Å². The van der Waals surface area contributed by atoms with Crippen molar-refractivity contribution < 1.29 is 4.79 Å². The van der Waals surface area contributed by atoms with Crippen molar-refractivity contribution in [1.29, 1.82) is 0 Å². The first-order chi connectivity index (χ1) is 7.24. The molecule has 15 heavy (non-hydrogen) atoms. The van der Waals surface area contributed by atoms with Crippen molar-refractivity contribution in [3.63, 3.8) is 0 Å². The minimum Gasteiger partial charge on any atom is -0.338 e. The summed E-state index contributed by atoms with van der Waals surface area (Å²) < 4.78 is 0. The van der Waals surface area contributed by atoms with Gasteiger partial charge in [0.15, 0.2) is 0 Å². The molecule has 0 aliphatic heterocycles. The Kier molecular flexibility index (Phi) is 5.47. The Morgan fingerprint density at radius 3 is 2.80 bits per heavy atom. The van der Waals surface area contributed by atoms with Crippen molar-refractivity contribution in [1.82, 2.24) is 10.6 Å². The zero-order chi connectivity index (χ0) is 11.1. The number of amides is 2. The van der Waals surface area contributed by atoms with Crippen LogP contribution in [0.15, 0.2) is 0 Å². The maximum absolute atomic E-state index is 11.5. The molecule has 0 spiro atoms. The van der Waals surface area contributed by atoms with Crippen LogP contribution in [0, 0.1) is 0 Å². The number of urea groups is 1. The summed E-state index contributed by atoms with van der Waals surface area (Å²) in [6, 6.07) is 0.212.